The number of cyclic esters (lactones) is 1. The lowest BCUT2D eigenvalue weighted by atomic mass is 9.98. The van der Waals surface area contributed by atoms with E-state index in [0.717, 1.165) is 27.8 Å². The van der Waals surface area contributed by atoms with Crippen LogP contribution in [0.1, 0.15) is 22.6 Å². The van der Waals surface area contributed by atoms with Crippen molar-refractivity contribution < 1.29 is 19.1 Å². The van der Waals surface area contributed by atoms with E-state index in [2.05, 4.69) is 24.3 Å². The molecule has 1 atom stereocenters. The Hall–Kier alpha value is -3.02. The van der Waals surface area contributed by atoms with E-state index in [1.54, 1.807) is 18.2 Å². The Morgan fingerprint density at radius 1 is 0.969 bits per heavy atom. The van der Waals surface area contributed by atoms with Crippen LogP contribution in [0.2, 0.25) is 10.0 Å². The van der Waals surface area contributed by atoms with Gasteiger partial charge in [-0.1, -0.05) is 77.8 Å². The highest BCUT2D eigenvalue weighted by atomic mass is 35.5. The van der Waals surface area contributed by atoms with Gasteiger partial charge in [-0.3, -0.25) is 4.90 Å². The summed E-state index contributed by atoms with van der Waals surface area (Å²) in [6.07, 6.45) is -0.317. The monoisotopic (exact) mass is 467 g/mol. The normalized spacial score (nSPS) is 17.1. The minimum Gasteiger partial charge on any atom is -0.448 e. The van der Waals surface area contributed by atoms with Gasteiger partial charge in [-0.05, 0) is 39.9 Å². The highest BCUT2D eigenvalue weighted by Crippen LogP contribution is 2.44. The largest absolute Gasteiger partial charge is 0.448 e. The van der Waals surface area contributed by atoms with Gasteiger partial charge in [0.05, 0.1) is 10.0 Å². The van der Waals surface area contributed by atoms with E-state index in [1.165, 1.54) is 4.90 Å². The minimum atomic E-state index is -0.775. The first-order chi connectivity index (χ1) is 15.5. The molecule has 1 fully saturated rings. The number of nitrogens with zero attached hydrogens (tertiary/aromatic N) is 1. The quantitative estimate of drug-likeness (QED) is 0.463. The molecule has 1 aliphatic carbocycles. The summed E-state index contributed by atoms with van der Waals surface area (Å²) in [6, 6.07) is 20.6. The standard InChI is InChI=1S/C25H19Cl2NO4/c26-21-10-9-15(11-22(21)27)12-23-24(29)32-14-28(23)25(30)31-13-20-18-7-3-1-5-16(18)17-6-2-4-8-19(17)20/h1-11,20,23H,12-14H2/t23-/m0/s1. The van der Waals surface area contributed by atoms with Crippen LogP contribution in [0.5, 0.6) is 0 Å². The molecular formula is C25H19Cl2NO4. The number of carbonyl (C=O) groups is 2. The first kappa shape index (κ1) is 20.9. The Morgan fingerprint density at radius 3 is 2.28 bits per heavy atom. The molecule has 32 heavy (non-hydrogen) atoms. The number of hydrogen-bond donors (Lipinski definition) is 0. The molecule has 162 valence electrons. The van der Waals surface area contributed by atoms with E-state index in [0.29, 0.717) is 10.0 Å². The molecule has 5 rings (SSSR count). The molecule has 7 heteroatoms. The molecule has 5 nitrogen and oxygen atoms in total. The van der Waals surface area contributed by atoms with Crippen LogP contribution in [0.25, 0.3) is 11.1 Å². The second-order valence-electron chi connectivity index (χ2n) is 7.83. The van der Waals surface area contributed by atoms with Crippen molar-refractivity contribution in [2.75, 3.05) is 13.3 Å². The van der Waals surface area contributed by atoms with Crippen molar-refractivity contribution in [3.8, 4) is 11.1 Å². The number of amides is 1. The third-order valence-corrected chi connectivity index (χ3v) is 6.72. The molecule has 3 aromatic rings. The maximum Gasteiger partial charge on any atom is 0.413 e. The Kier molecular flexibility index (Phi) is 5.53. The summed E-state index contributed by atoms with van der Waals surface area (Å²) in [5.74, 6) is -0.524. The molecule has 0 radical (unpaired) electrons. The van der Waals surface area contributed by atoms with Crippen molar-refractivity contribution in [1.29, 1.82) is 0 Å². The van der Waals surface area contributed by atoms with Gasteiger partial charge in [0, 0.05) is 12.3 Å². The number of halogens is 2. The van der Waals surface area contributed by atoms with Crippen molar-refractivity contribution in [3.05, 3.63) is 93.5 Å². The molecule has 0 bridgehead atoms. The third-order valence-electron chi connectivity index (χ3n) is 5.98. The summed E-state index contributed by atoms with van der Waals surface area (Å²) in [5.41, 5.74) is 5.34. The fourth-order valence-electron chi connectivity index (χ4n) is 4.39. The smallest absolute Gasteiger partial charge is 0.413 e. The van der Waals surface area contributed by atoms with Gasteiger partial charge in [0.1, 0.15) is 12.6 Å². The predicted octanol–water partition coefficient (Wildman–Crippen LogP) is 5.67. The lowest BCUT2D eigenvalue weighted by Gasteiger charge is -2.21. The zero-order chi connectivity index (χ0) is 22.2. The van der Waals surface area contributed by atoms with Crippen LogP contribution in [0, 0.1) is 0 Å². The number of esters is 1. The second-order valence-corrected chi connectivity index (χ2v) is 8.65. The average Bonchev–Trinajstić information content (AvgIpc) is 3.32. The van der Waals surface area contributed by atoms with Crippen molar-refractivity contribution in [2.24, 2.45) is 0 Å². The fraction of sp³-hybridized carbons (Fsp3) is 0.200. The van der Waals surface area contributed by atoms with Crippen molar-refractivity contribution in [2.45, 2.75) is 18.4 Å². The average molecular weight is 468 g/mol. The second kappa shape index (κ2) is 8.49. The lowest BCUT2D eigenvalue weighted by molar-refractivity contribution is -0.139. The van der Waals surface area contributed by atoms with Crippen LogP contribution in [-0.2, 0) is 20.7 Å². The minimum absolute atomic E-state index is 0.0564. The molecule has 2 aliphatic rings. The summed E-state index contributed by atoms with van der Waals surface area (Å²) >= 11 is 12.1. The number of carbonyl (C=O) groups excluding carboxylic acids is 2. The van der Waals surface area contributed by atoms with Crippen LogP contribution in [0.15, 0.2) is 66.7 Å². The van der Waals surface area contributed by atoms with Crippen molar-refractivity contribution in [1.82, 2.24) is 4.90 Å². The van der Waals surface area contributed by atoms with Crippen LogP contribution in [-0.4, -0.2) is 36.3 Å². The van der Waals surface area contributed by atoms with Crippen LogP contribution in [0.3, 0.4) is 0 Å². The Labute approximate surface area is 195 Å². The zero-order valence-corrected chi connectivity index (χ0v) is 18.5. The van der Waals surface area contributed by atoms with Crippen molar-refractivity contribution >= 4 is 35.3 Å². The summed E-state index contributed by atoms with van der Waals surface area (Å²) in [5, 5.41) is 0.820. The molecule has 0 spiro atoms. The molecule has 1 heterocycles. The molecule has 0 saturated carbocycles. The van der Waals surface area contributed by atoms with Gasteiger partial charge in [0.15, 0.2) is 6.73 Å². The first-order valence-corrected chi connectivity index (χ1v) is 11.0. The van der Waals surface area contributed by atoms with Gasteiger partial charge in [-0.15, -0.1) is 0 Å². The van der Waals surface area contributed by atoms with E-state index in [9.17, 15) is 9.59 Å². The molecule has 0 unspecified atom stereocenters. The maximum atomic E-state index is 12.9. The summed E-state index contributed by atoms with van der Waals surface area (Å²) in [6.45, 7) is 0.0402. The van der Waals surface area contributed by atoms with Gasteiger partial charge >= 0.3 is 12.1 Å². The van der Waals surface area contributed by atoms with E-state index in [-0.39, 0.29) is 25.7 Å². The molecule has 3 aromatic carbocycles. The SMILES string of the molecule is O=C1OCN(C(=O)OCC2c3ccccc3-c3ccccc32)[C@H]1Cc1ccc(Cl)c(Cl)c1. The summed E-state index contributed by atoms with van der Waals surface area (Å²) in [7, 11) is 0. The Morgan fingerprint density at radius 2 is 1.62 bits per heavy atom. The van der Waals surface area contributed by atoms with Gasteiger partial charge in [-0.25, -0.2) is 9.59 Å². The Bertz CT molecular complexity index is 1170. The first-order valence-electron chi connectivity index (χ1n) is 10.2. The molecule has 0 N–H and O–H groups in total. The van der Waals surface area contributed by atoms with E-state index in [4.69, 9.17) is 32.7 Å². The van der Waals surface area contributed by atoms with Crippen LogP contribution in [0.4, 0.5) is 4.79 Å². The number of ether oxygens (including phenoxy) is 2. The number of hydrogen-bond acceptors (Lipinski definition) is 4. The highest BCUT2D eigenvalue weighted by molar-refractivity contribution is 6.42. The molecule has 1 amide bonds. The maximum absolute atomic E-state index is 12.9. The van der Waals surface area contributed by atoms with Gasteiger partial charge in [0.2, 0.25) is 0 Å². The molecule has 1 saturated heterocycles. The molecule has 0 aromatic heterocycles. The third kappa shape index (κ3) is 3.72. The summed E-state index contributed by atoms with van der Waals surface area (Å²) in [4.78, 5) is 26.5. The molecule has 1 aliphatic heterocycles. The van der Waals surface area contributed by atoms with Crippen molar-refractivity contribution in [3.63, 3.8) is 0 Å². The zero-order valence-electron chi connectivity index (χ0n) is 17.0. The Balaban J connectivity index is 1.31. The predicted molar refractivity (Wildman–Crippen MR) is 122 cm³/mol. The van der Waals surface area contributed by atoms with E-state index < -0.39 is 18.1 Å². The van der Waals surface area contributed by atoms with E-state index >= 15 is 0 Å². The van der Waals surface area contributed by atoms with Gasteiger partial charge in [-0.2, -0.15) is 0 Å². The highest BCUT2D eigenvalue weighted by Gasteiger charge is 2.39. The van der Waals surface area contributed by atoms with E-state index in [1.807, 2.05) is 24.3 Å². The van der Waals surface area contributed by atoms with Gasteiger partial charge in [0.25, 0.3) is 0 Å². The molecular weight excluding hydrogens is 449 g/mol. The summed E-state index contributed by atoms with van der Waals surface area (Å²) < 4.78 is 10.8. The van der Waals surface area contributed by atoms with Crippen LogP contribution < -0.4 is 0 Å². The lowest BCUT2D eigenvalue weighted by Crippen LogP contribution is -2.40. The fourth-order valence-corrected chi connectivity index (χ4v) is 4.71. The number of benzene rings is 3. The topological polar surface area (TPSA) is 55.8 Å². The van der Waals surface area contributed by atoms with Gasteiger partial charge < -0.3 is 9.47 Å². The number of rotatable bonds is 4. The number of fused-ring (bicyclic) bond motifs is 3. The van der Waals surface area contributed by atoms with Crippen LogP contribution >= 0.6 is 23.2 Å².